The lowest BCUT2D eigenvalue weighted by molar-refractivity contribution is -0.145. The first-order valence-electron chi connectivity index (χ1n) is 12.1. The molecule has 2 aromatic carbocycles. The fourth-order valence-electron chi connectivity index (χ4n) is 3.55. The Morgan fingerprint density at radius 1 is 1.00 bits per heavy atom. The quantitative estimate of drug-likeness (QED) is 0.201. The number of anilines is 2. The van der Waals surface area contributed by atoms with E-state index >= 15 is 0 Å². The highest BCUT2D eigenvalue weighted by Crippen LogP contribution is 2.29. The van der Waals surface area contributed by atoms with Crippen molar-refractivity contribution in [2.24, 2.45) is 0 Å². The summed E-state index contributed by atoms with van der Waals surface area (Å²) < 4.78 is 10.7. The molecule has 0 atom stereocenters. The lowest BCUT2D eigenvalue weighted by Gasteiger charge is -2.12. The summed E-state index contributed by atoms with van der Waals surface area (Å²) in [7, 11) is 0. The predicted octanol–water partition coefficient (Wildman–Crippen LogP) is 4.60. The topological polar surface area (TPSA) is 115 Å². The van der Waals surface area contributed by atoms with E-state index in [0.717, 1.165) is 39.2 Å². The van der Waals surface area contributed by atoms with Gasteiger partial charge in [0.2, 0.25) is 5.91 Å². The number of amides is 1. The van der Waals surface area contributed by atoms with E-state index in [1.807, 2.05) is 62.4 Å². The molecule has 0 radical (unpaired) electrons. The number of nitrogens with zero attached hydrogens (tertiary/aromatic N) is 3. The van der Waals surface area contributed by atoms with Gasteiger partial charge in [-0.15, -0.1) is 0 Å². The van der Waals surface area contributed by atoms with Crippen molar-refractivity contribution in [2.45, 2.75) is 27.2 Å². The third kappa shape index (κ3) is 7.04. The van der Waals surface area contributed by atoms with Crippen molar-refractivity contribution in [1.29, 1.82) is 0 Å². The summed E-state index contributed by atoms with van der Waals surface area (Å²) in [6.45, 7) is 5.93. The first kappa shape index (κ1) is 26.1. The molecule has 2 N–H and O–H groups in total. The number of rotatable bonds is 8. The molecular formula is C29H27N5O4. The first-order valence-corrected chi connectivity index (χ1v) is 12.1. The SMILES string of the molecule is CCOC(=O)CC(=O)NCC#Cc1ccc2ncnc(Nc3ccc(Oc4ccc(C)nc4)c(C)c3)c2c1. The van der Waals surface area contributed by atoms with Gasteiger partial charge < -0.3 is 20.1 Å². The molecule has 38 heavy (non-hydrogen) atoms. The summed E-state index contributed by atoms with van der Waals surface area (Å²) in [5.41, 5.74) is 4.22. The third-order valence-electron chi connectivity index (χ3n) is 5.40. The minimum atomic E-state index is -0.562. The predicted molar refractivity (Wildman–Crippen MR) is 144 cm³/mol. The van der Waals surface area contributed by atoms with E-state index in [2.05, 4.69) is 37.4 Å². The summed E-state index contributed by atoms with van der Waals surface area (Å²) in [6, 6.07) is 15.2. The van der Waals surface area contributed by atoms with E-state index in [1.54, 1.807) is 13.1 Å². The zero-order chi connectivity index (χ0) is 26.9. The molecule has 0 aliphatic rings. The van der Waals surface area contributed by atoms with Crippen LogP contribution in [0.2, 0.25) is 0 Å². The number of benzene rings is 2. The molecule has 9 heteroatoms. The maximum atomic E-state index is 11.8. The Hall–Kier alpha value is -4.97. The normalized spacial score (nSPS) is 10.3. The largest absolute Gasteiger partial charge is 0.466 e. The van der Waals surface area contributed by atoms with Crippen LogP contribution in [0.5, 0.6) is 11.5 Å². The summed E-state index contributed by atoms with van der Waals surface area (Å²) in [5.74, 6) is 6.97. The Bertz CT molecular complexity index is 1520. The molecule has 0 unspecified atom stereocenters. The van der Waals surface area contributed by atoms with E-state index in [-0.39, 0.29) is 19.6 Å². The van der Waals surface area contributed by atoms with Gasteiger partial charge in [0.25, 0.3) is 0 Å². The minimum Gasteiger partial charge on any atom is -0.466 e. The Morgan fingerprint density at radius 3 is 2.63 bits per heavy atom. The second kappa shape index (κ2) is 12.3. The third-order valence-corrected chi connectivity index (χ3v) is 5.40. The van der Waals surface area contributed by atoms with Gasteiger partial charge in [-0.25, -0.2) is 9.97 Å². The van der Waals surface area contributed by atoms with Crippen LogP contribution in [0.25, 0.3) is 10.9 Å². The van der Waals surface area contributed by atoms with Crippen molar-refractivity contribution in [1.82, 2.24) is 20.3 Å². The van der Waals surface area contributed by atoms with Crippen molar-refractivity contribution in [3.63, 3.8) is 0 Å². The maximum Gasteiger partial charge on any atom is 0.315 e. The van der Waals surface area contributed by atoms with Crippen LogP contribution in [-0.2, 0) is 14.3 Å². The second-order valence-corrected chi connectivity index (χ2v) is 8.36. The number of aromatic nitrogens is 3. The zero-order valence-electron chi connectivity index (χ0n) is 21.4. The van der Waals surface area contributed by atoms with Crippen molar-refractivity contribution >= 4 is 34.3 Å². The second-order valence-electron chi connectivity index (χ2n) is 8.36. The first-order chi connectivity index (χ1) is 18.4. The number of ether oxygens (including phenoxy) is 2. The summed E-state index contributed by atoms with van der Waals surface area (Å²) in [4.78, 5) is 36.2. The van der Waals surface area contributed by atoms with Gasteiger partial charge in [0.05, 0.1) is 24.9 Å². The van der Waals surface area contributed by atoms with Gasteiger partial charge in [0, 0.05) is 22.3 Å². The number of pyridine rings is 1. The molecule has 0 aliphatic carbocycles. The minimum absolute atomic E-state index is 0.110. The smallest absolute Gasteiger partial charge is 0.315 e. The highest BCUT2D eigenvalue weighted by molar-refractivity contribution is 5.94. The Labute approximate surface area is 220 Å². The summed E-state index contributed by atoms with van der Waals surface area (Å²) in [5, 5.41) is 6.74. The van der Waals surface area contributed by atoms with Gasteiger partial charge in [0.15, 0.2) is 0 Å². The molecule has 0 spiro atoms. The van der Waals surface area contributed by atoms with Crippen LogP contribution in [0.3, 0.4) is 0 Å². The Balaban J connectivity index is 1.45. The fraction of sp³-hybridized carbons (Fsp3) is 0.207. The van der Waals surface area contributed by atoms with E-state index in [9.17, 15) is 9.59 Å². The van der Waals surface area contributed by atoms with Crippen LogP contribution in [0.15, 0.2) is 61.1 Å². The van der Waals surface area contributed by atoms with E-state index in [1.165, 1.54) is 6.33 Å². The van der Waals surface area contributed by atoms with Crippen molar-refractivity contribution in [2.75, 3.05) is 18.5 Å². The fourth-order valence-corrected chi connectivity index (χ4v) is 3.55. The number of hydrogen-bond donors (Lipinski definition) is 2. The standard InChI is InChI=1S/C29H27N5O4/c1-4-37-28(36)16-27(35)30-13-5-6-21-8-11-25-24(15-21)29(33-18-32-25)34-22-9-12-26(19(2)14-22)38-23-10-7-20(3)31-17-23/h7-12,14-15,17-18H,4,13,16H2,1-3H3,(H,30,35)(H,32,33,34). The number of carbonyl (C=O) groups is 2. The number of fused-ring (bicyclic) bond motifs is 1. The molecule has 4 rings (SSSR count). The number of esters is 1. The molecule has 192 valence electrons. The van der Waals surface area contributed by atoms with E-state index in [0.29, 0.717) is 11.6 Å². The molecule has 9 nitrogen and oxygen atoms in total. The van der Waals surface area contributed by atoms with Crippen molar-refractivity contribution < 1.29 is 19.1 Å². The highest BCUT2D eigenvalue weighted by Gasteiger charge is 2.09. The molecule has 4 aromatic rings. The van der Waals surface area contributed by atoms with Crippen LogP contribution in [0.4, 0.5) is 11.5 Å². The van der Waals surface area contributed by atoms with Crippen LogP contribution >= 0.6 is 0 Å². The molecule has 2 heterocycles. The lowest BCUT2D eigenvalue weighted by atomic mass is 10.1. The molecular weight excluding hydrogens is 482 g/mol. The van der Waals surface area contributed by atoms with Crippen molar-refractivity contribution in [3.8, 4) is 23.3 Å². The molecule has 0 saturated heterocycles. The molecule has 0 fully saturated rings. The summed E-state index contributed by atoms with van der Waals surface area (Å²) in [6.07, 6.45) is 2.88. The Morgan fingerprint density at radius 2 is 1.87 bits per heavy atom. The highest BCUT2D eigenvalue weighted by atomic mass is 16.5. The van der Waals surface area contributed by atoms with Crippen LogP contribution < -0.4 is 15.4 Å². The summed E-state index contributed by atoms with van der Waals surface area (Å²) >= 11 is 0. The van der Waals surface area contributed by atoms with Crippen molar-refractivity contribution in [3.05, 3.63) is 77.9 Å². The lowest BCUT2D eigenvalue weighted by Crippen LogP contribution is -2.26. The zero-order valence-corrected chi connectivity index (χ0v) is 21.4. The van der Waals surface area contributed by atoms with Crippen LogP contribution in [-0.4, -0.2) is 40.0 Å². The molecule has 0 bridgehead atoms. The van der Waals surface area contributed by atoms with Crippen LogP contribution in [0.1, 0.15) is 30.2 Å². The van der Waals surface area contributed by atoms with Gasteiger partial charge in [-0.1, -0.05) is 11.8 Å². The molecule has 0 saturated carbocycles. The average molecular weight is 510 g/mol. The van der Waals surface area contributed by atoms with E-state index < -0.39 is 11.9 Å². The average Bonchev–Trinajstić information content (AvgIpc) is 2.90. The van der Waals surface area contributed by atoms with Gasteiger partial charge in [0.1, 0.15) is 30.1 Å². The maximum absolute atomic E-state index is 11.8. The molecule has 1 amide bonds. The van der Waals surface area contributed by atoms with E-state index in [4.69, 9.17) is 9.47 Å². The van der Waals surface area contributed by atoms with Crippen LogP contribution in [0, 0.1) is 25.7 Å². The number of aryl methyl sites for hydroxylation is 2. The number of carbonyl (C=O) groups excluding carboxylic acids is 2. The van der Waals surface area contributed by atoms with Gasteiger partial charge in [-0.2, -0.15) is 0 Å². The molecule has 0 aliphatic heterocycles. The van der Waals surface area contributed by atoms with Gasteiger partial charge in [-0.3, -0.25) is 14.6 Å². The monoisotopic (exact) mass is 509 g/mol. The van der Waals surface area contributed by atoms with Gasteiger partial charge in [-0.05, 0) is 74.9 Å². The number of hydrogen-bond acceptors (Lipinski definition) is 8. The van der Waals surface area contributed by atoms with Gasteiger partial charge >= 0.3 is 5.97 Å². The Kier molecular flexibility index (Phi) is 8.46. The number of nitrogens with one attached hydrogen (secondary N) is 2. The molecule has 2 aromatic heterocycles.